The second-order valence-corrected chi connectivity index (χ2v) is 7.39. The van der Waals surface area contributed by atoms with Gasteiger partial charge < -0.3 is 10.3 Å². The Balaban J connectivity index is 0.00000143. The molecule has 0 spiro atoms. The lowest BCUT2D eigenvalue weighted by atomic mass is 10.2. The fourth-order valence-electron chi connectivity index (χ4n) is 2.58. The minimum atomic E-state index is -0.416. The highest BCUT2D eigenvalue weighted by Crippen LogP contribution is 2.21. The van der Waals surface area contributed by atoms with Crippen LogP contribution >= 0.6 is 11.8 Å². The summed E-state index contributed by atoms with van der Waals surface area (Å²) in [6, 6.07) is 0. The van der Waals surface area contributed by atoms with E-state index in [9.17, 15) is 4.79 Å². The minimum Gasteiger partial charge on any atom is -0.365 e. The number of allylic oxidation sites excluding steroid dienone is 2. The van der Waals surface area contributed by atoms with E-state index < -0.39 is 5.91 Å². The van der Waals surface area contributed by atoms with Crippen molar-refractivity contribution in [3.63, 3.8) is 0 Å². The highest BCUT2D eigenvalue weighted by atomic mass is 32.2. The van der Waals surface area contributed by atoms with Crippen molar-refractivity contribution in [1.82, 2.24) is 14.5 Å². The molecule has 2 aromatic rings. The van der Waals surface area contributed by atoms with Crippen molar-refractivity contribution in [2.75, 3.05) is 6.26 Å². The highest BCUT2D eigenvalue weighted by molar-refractivity contribution is 8.03. The predicted octanol–water partition coefficient (Wildman–Crippen LogP) is 6.04. The van der Waals surface area contributed by atoms with E-state index in [1.54, 1.807) is 6.08 Å². The van der Waals surface area contributed by atoms with Crippen molar-refractivity contribution in [1.29, 1.82) is 0 Å². The zero-order valence-electron chi connectivity index (χ0n) is 19.6. The molecule has 6 heteroatoms. The van der Waals surface area contributed by atoms with Gasteiger partial charge in [0, 0.05) is 12.7 Å². The number of nitrogens with two attached hydrogens (primary N) is 1. The summed E-state index contributed by atoms with van der Waals surface area (Å²) < 4.78 is 2.16. The van der Waals surface area contributed by atoms with Gasteiger partial charge in [-0.05, 0) is 56.7 Å². The van der Waals surface area contributed by atoms with Crippen molar-refractivity contribution in [2.45, 2.75) is 74.8 Å². The summed E-state index contributed by atoms with van der Waals surface area (Å²) in [4.78, 5) is 21.4. The molecule has 5 nitrogen and oxygen atoms in total. The quantitative estimate of drug-likeness (QED) is 0.459. The zero-order chi connectivity index (χ0) is 22.6. The Hall–Kier alpha value is -2.08. The van der Waals surface area contributed by atoms with Crippen LogP contribution in [0, 0.1) is 13.8 Å². The number of fused-ring (bicyclic) bond motifs is 1. The number of primary amides is 1. The van der Waals surface area contributed by atoms with Crippen molar-refractivity contribution in [2.24, 2.45) is 5.73 Å². The van der Waals surface area contributed by atoms with Gasteiger partial charge in [-0.1, -0.05) is 41.0 Å². The number of thioether (sulfide) groups is 1. The van der Waals surface area contributed by atoms with E-state index in [1.165, 1.54) is 18.2 Å². The summed E-state index contributed by atoms with van der Waals surface area (Å²) in [6.45, 7) is 17.3. The van der Waals surface area contributed by atoms with Crippen LogP contribution in [0.4, 0.5) is 0 Å². The molecule has 0 saturated heterocycles. The number of carbonyl (C=O) groups is 1. The third-order valence-corrected chi connectivity index (χ3v) is 4.49. The van der Waals surface area contributed by atoms with Gasteiger partial charge in [-0.15, -0.1) is 11.8 Å². The maximum atomic E-state index is 11.3. The first-order valence-electron chi connectivity index (χ1n) is 10.4. The molecule has 0 aliphatic heterocycles. The van der Waals surface area contributed by atoms with E-state index in [0.717, 1.165) is 46.7 Å². The fourth-order valence-corrected chi connectivity index (χ4v) is 3.09. The summed E-state index contributed by atoms with van der Waals surface area (Å²) in [7, 11) is 0. The smallest absolute Gasteiger partial charge is 0.255 e. The molecule has 0 unspecified atom stereocenters. The molecular weight excluding hydrogens is 380 g/mol. The van der Waals surface area contributed by atoms with Gasteiger partial charge in [-0.25, -0.2) is 9.97 Å². The van der Waals surface area contributed by atoms with Crippen LogP contribution in [0.1, 0.15) is 71.3 Å². The predicted molar refractivity (Wildman–Crippen MR) is 129 cm³/mol. The largest absolute Gasteiger partial charge is 0.365 e. The SMILES string of the molecule is CC.CCC.CCCn1cc(C)c2nc(/C=C(C)/C=C(\SC)C(N)=O)c(C)nc21. The van der Waals surface area contributed by atoms with Crippen LogP contribution in [0.5, 0.6) is 0 Å². The molecule has 0 fully saturated rings. The van der Waals surface area contributed by atoms with Crippen molar-refractivity contribution in [3.8, 4) is 0 Å². The summed E-state index contributed by atoms with van der Waals surface area (Å²) in [5.74, 6) is -0.416. The normalized spacial score (nSPS) is 11.5. The molecule has 2 heterocycles. The van der Waals surface area contributed by atoms with E-state index in [4.69, 9.17) is 15.7 Å². The lowest BCUT2D eigenvalue weighted by Gasteiger charge is -2.05. The van der Waals surface area contributed by atoms with E-state index in [0.29, 0.717) is 4.91 Å². The molecule has 0 aromatic carbocycles. The maximum Gasteiger partial charge on any atom is 0.255 e. The maximum absolute atomic E-state index is 11.3. The summed E-state index contributed by atoms with van der Waals surface area (Å²) in [6.07, 6.45) is 9.97. The average Bonchev–Trinajstić information content (AvgIpc) is 2.97. The summed E-state index contributed by atoms with van der Waals surface area (Å²) >= 11 is 1.34. The van der Waals surface area contributed by atoms with Crippen molar-refractivity contribution in [3.05, 3.63) is 39.7 Å². The fraction of sp³-hybridized carbons (Fsp3) is 0.522. The molecule has 0 bridgehead atoms. The van der Waals surface area contributed by atoms with Crippen LogP contribution in [-0.2, 0) is 11.3 Å². The number of rotatable bonds is 6. The topological polar surface area (TPSA) is 73.8 Å². The zero-order valence-corrected chi connectivity index (χ0v) is 20.4. The van der Waals surface area contributed by atoms with Gasteiger partial charge in [0.2, 0.25) is 0 Å². The number of aromatic nitrogens is 3. The molecule has 1 amide bonds. The van der Waals surface area contributed by atoms with Crippen LogP contribution in [0.2, 0.25) is 0 Å². The highest BCUT2D eigenvalue weighted by Gasteiger charge is 2.11. The summed E-state index contributed by atoms with van der Waals surface area (Å²) in [5, 5.41) is 0. The molecule has 0 radical (unpaired) electrons. The van der Waals surface area contributed by atoms with Crippen molar-refractivity contribution >= 4 is 34.9 Å². The van der Waals surface area contributed by atoms with Gasteiger partial charge in [0.05, 0.1) is 16.3 Å². The number of nitrogens with zero attached hydrogens (tertiary/aromatic N) is 3. The Morgan fingerprint density at radius 2 is 1.79 bits per heavy atom. The van der Waals surface area contributed by atoms with Gasteiger partial charge in [-0.2, -0.15) is 0 Å². The van der Waals surface area contributed by atoms with Crippen LogP contribution in [0.3, 0.4) is 0 Å². The van der Waals surface area contributed by atoms with Gasteiger partial charge in [0.25, 0.3) is 5.91 Å². The molecule has 2 rings (SSSR count). The number of hydrogen-bond donors (Lipinski definition) is 1. The first kappa shape index (κ1) is 26.9. The minimum absolute atomic E-state index is 0.416. The summed E-state index contributed by atoms with van der Waals surface area (Å²) in [5.41, 5.74) is 10.9. The lowest BCUT2D eigenvalue weighted by Crippen LogP contribution is -2.11. The van der Waals surface area contributed by atoms with Crippen LogP contribution in [-0.4, -0.2) is 26.7 Å². The van der Waals surface area contributed by atoms with E-state index >= 15 is 0 Å². The number of hydrogen-bond acceptors (Lipinski definition) is 4. The second-order valence-electron chi connectivity index (χ2n) is 6.54. The molecule has 2 N–H and O–H groups in total. The first-order chi connectivity index (χ1) is 13.8. The molecule has 2 aromatic heterocycles. The Kier molecular flexibility index (Phi) is 13.0. The standard InChI is InChI=1S/C18H24N4OS.C3H8.C2H6/c1-6-7-22-10-12(3)16-18(22)20-13(4)14(21-16)8-11(2)9-15(24-5)17(19)23;1-3-2;1-2/h8-10H,6-7H2,1-5H3,(H2,19,23);3H2,1-2H3;1-2H3/b11-8+,15-9-;;. The molecule has 162 valence electrons. The monoisotopic (exact) mass is 418 g/mol. The first-order valence-corrected chi connectivity index (χ1v) is 11.6. The third kappa shape index (κ3) is 8.05. The van der Waals surface area contributed by atoms with Gasteiger partial charge in [-0.3, -0.25) is 4.79 Å². The number of aryl methyl sites for hydroxylation is 3. The Morgan fingerprint density at radius 3 is 2.28 bits per heavy atom. The van der Waals surface area contributed by atoms with E-state index in [1.807, 2.05) is 40.0 Å². The van der Waals surface area contributed by atoms with Gasteiger partial charge >= 0.3 is 0 Å². The molecule has 29 heavy (non-hydrogen) atoms. The Morgan fingerprint density at radius 1 is 1.21 bits per heavy atom. The lowest BCUT2D eigenvalue weighted by molar-refractivity contribution is -0.113. The third-order valence-electron chi connectivity index (χ3n) is 3.73. The molecule has 0 aliphatic carbocycles. The molecule has 0 saturated carbocycles. The number of amides is 1. The Labute approximate surface area is 180 Å². The van der Waals surface area contributed by atoms with Crippen LogP contribution < -0.4 is 5.73 Å². The van der Waals surface area contributed by atoms with Gasteiger partial charge in [0.15, 0.2) is 5.65 Å². The van der Waals surface area contributed by atoms with Crippen LogP contribution in [0.25, 0.3) is 17.2 Å². The van der Waals surface area contributed by atoms with E-state index in [-0.39, 0.29) is 0 Å². The van der Waals surface area contributed by atoms with E-state index in [2.05, 4.69) is 38.5 Å². The molecule has 0 atom stereocenters. The number of carbonyl (C=O) groups excluding carboxylic acids is 1. The van der Waals surface area contributed by atoms with Crippen LogP contribution in [0.15, 0.2) is 22.8 Å². The molecule has 0 aliphatic rings. The van der Waals surface area contributed by atoms with Gasteiger partial charge in [0.1, 0.15) is 5.52 Å². The average molecular weight is 419 g/mol. The Bertz CT molecular complexity index is 850. The molecular formula is C23H38N4OS. The van der Waals surface area contributed by atoms with Crippen molar-refractivity contribution < 1.29 is 4.79 Å². The second kappa shape index (κ2) is 14.0.